The van der Waals surface area contributed by atoms with E-state index in [4.69, 9.17) is 0 Å². The number of rotatable bonds is 6. The number of thiophene rings is 1. The lowest BCUT2D eigenvalue weighted by molar-refractivity contribution is -0.115. The Balaban J connectivity index is 1.69. The maximum absolute atomic E-state index is 14.0. The van der Waals surface area contributed by atoms with Crippen molar-refractivity contribution >= 4 is 40.4 Å². The van der Waals surface area contributed by atoms with Crippen LogP contribution in [0.1, 0.15) is 38.2 Å². The molecular weight excluding hydrogens is 395 g/mol. The summed E-state index contributed by atoms with van der Waals surface area (Å²) in [7, 11) is 1.74. The second-order valence-electron chi connectivity index (χ2n) is 6.58. The van der Waals surface area contributed by atoms with Crippen LogP contribution in [0, 0.1) is 12.7 Å². The van der Waals surface area contributed by atoms with Gasteiger partial charge in [0.05, 0.1) is 11.3 Å². The van der Waals surface area contributed by atoms with E-state index in [2.05, 4.69) is 15.7 Å². The summed E-state index contributed by atoms with van der Waals surface area (Å²) in [6.07, 6.45) is 0.0367. The van der Waals surface area contributed by atoms with Crippen LogP contribution in [0.4, 0.5) is 15.9 Å². The number of hydrogen-bond donors (Lipinski definition) is 2. The van der Waals surface area contributed by atoms with Crippen molar-refractivity contribution in [1.29, 1.82) is 0 Å². The largest absolute Gasteiger partial charge is 0.326 e. The average Bonchev–Trinajstić information content (AvgIpc) is 3.21. The Bertz CT molecular complexity index is 1080. The van der Waals surface area contributed by atoms with Crippen molar-refractivity contribution in [3.63, 3.8) is 0 Å². The van der Waals surface area contributed by atoms with E-state index in [1.165, 1.54) is 24.3 Å². The van der Waals surface area contributed by atoms with Gasteiger partial charge in [0.1, 0.15) is 5.82 Å². The summed E-state index contributed by atoms with van der Waals surface area (Å²) >= 11 is 1.27. The van der Waals surface area contributed by atoms with Gasteiger partial charge in [-0.25, -0.2) is 4.39 Å². The summed E-state index contributed by atoms with van der Waals surface area (Å²) in [6.45, 7) is 3.30. The standard InChI is InChI=1S/C20H19FN4O3S/c1-11-4-18(24-25(11)3)23-20(28)14-7-15(21)9-16(8-14)22-19(27)6-13-5-17(12(2)26)29-10-13/h4-5,7-10H,6H2,1-3H3,(H,22,27)(H,23,24,28). The number of amides is 2. The van der Waals surface area contributed by atoms with E-state index in [0.717, 1.165) is 17.8 Å². The van der Waals surface area contributed by atoms with Crippen molar-refractivity contribution in [1.82, 2.24) is 9.78 Å². The SMILES string of the molecule is CC(=O)c1cc(CC(=O)Nc2cc(F)cc(C(=O)Nc3cc(C)n(C)n3)c2)cs1. The number of carbonyl (C=O) groups is 3. The molecule has 0 bridgehead atoms. The fraction of sp³-hybridized carbons (Fsp3) is 0.200. The Morgan fingerprint density at radius 1 is 1.14 bits per heavy atom. The molecule has 0 aliphatic rings. The van der Waals surface area contributed by atoms with Gasteiger partial charge in [-0.1, -0.05) is 0 Å². The van der Waals surface area contributed by atoms with E-state index in [-0.39, 0.29) is 29.4 Å². The molecule has 2 aromatic heterocycles. The fourth-order valence-electron chi connectivity index (χ4n) is 2.65. The quantitative estimate of drug-likeness (QED) is 0.603. The third kappa shape index (κ3) is 5.14. The first-order valence-corrected chi connectivity index (χ1v) is 9.60. The Hall–Kier alpha value is -3.33. The highest BCUT2D eigenvalue weighted by Gasteiger charge is 2.14. The summed E-state index contributed by atoms with van der Waals surface area (Å²) in [5, 5.41) is 11.0. The van der Waals surface area contributed by atoms with E-state index in [0.29, 0.717) is 16.3 Å². The zero-order valence-electron chi connectivity index (χ0n) is 16.1. The van der Waals surface area contributed by atoms with Crippen LogP contribution in [-0.2, 0) is 18.3 Å². The number of halogens is 1. The third-order valence-corrected chi connectivity index (χ3v) is 5.24. The fourth-order valence-corrected chi connectivity index (χ4v) is 3.46. The number of aryl methyl sites for hydroxylation is 2. The minimum Gasteiger partial charge on any atom is -0.326 e. The summed E-state index contributed by atoms with van der Waals surface area (Å²) in [4.78, 5) is 36.6. The number of nitrogens with zero attached hydrogens (tertiary/aromatic N) is 2. The lowest BCUT2D eigenvalue weighted by Gasteiger charge is -2.08. The van der Waals surface area contributed by atoms with Crippen LogP contribution in [0.15, 0.2) is 35.7 Å². The normalized spacial score (nSPS) is 10.6. The highest BCUT2D eigenvalue weighted by Crippen LogP contribution is 2.19. The van der Waals surface area contributed by atoms with Gasteiger partial charge < -0.3 is 10.6 Å². The number of carbonyl (C=O) groups excluding carboxylic acids is 3. The number of hydrogen-bond acceptors (Lipinski definition) is 5. The molecule has 0 aliphatic carbocycles. The molecule has 2 heterocycles. The van der Waals surface area contributed by atoms with Crippen LogP contribution < -0.4 is 10.6 Å². The molecular formula is C20H19FN4O3S. The minimum absolute atomic E-state index is 0.0367. The molecule has 0 fully saturated rings. The van der Waals surface area contributed by atoms with Crippen LogP contribution in [0.2, 0.25) is 0 Å². The lowest BCUT2D eigenvalue weighted by atomic mass is 10.1. The Morgan fingerprint density at radius 3 is 2.52 bits per heavy atom. The van der Waals surface area contributed by atoms with Crippen molar-refractivity contribution < 1.29 is 18.8 Å². The molecule has 0 aliphatic heterocycles. The number of anilines is 2. The Labute approximate surface area is 170 Å². The maximum Gasteiger partial charge on any atom is 0.257 e. The summed E-state index contributed by atoms with van der Waals surface area (Å²) < 4.78 is 15.6. The molecule has 0 spiro atoms. The van der Waals surface area contributed by atoms with E-state index >= 15 is 0 Å². The molecule has 2 N–H and O–H groups in total. The van der Waals surface area contributed by atoms with Gasteiger partial charge in [-0.3, -0.25) is 19.1 Å². The van der Waals surface area contributed by atoms with Gasteiger partial charge >= 0.3 is 0 Å². The van der Waals surface area contributed by atoms with Crippen LogP contribution in [0.3, 0.4) is 0 Å². The summed E-state index contributed by atoms with van der Waals surface area (Å²) in [6, 6.07) is 6.95. The van der Waals surface area contributed by atoms with Gasteiger partial charge in [-0.05, 0) is 49.1 Å². The Morgan fingerprint density at radius 2 is 1.90 bits per heavy atom. The zero-order valence-corrected chi connectivity index (χ0v) is 16.9. The molecule has 2 amide bonds. The molecule has 7 nitrogen and oxygen atoms in total. The Kier molecular flexibility index (Phi) is 5.88. The number of ketones is 1. The molecule has 150 valence electrons. The summed E-state index contributed by atoms with van der Waals surface area (Å²) in [5.74, 6) is -1.29. The van der Waals surface area contributed by atoms with Gasteiger partial charge in [-0.15, -0.1) is 11.3 Å². The van der Waals surface area contributed by atoms with Gasteiger partial charge in [0.2, 0.25) is 5.91 Å². The monoisotopic (exact) mass is 414 g/mol. The number of nitrogens with one attached hydrogen (secondary N) is 2. The number of aromatic nitrogens is 2. The summed E-state index contributed by atoms with van der Waals surface area (Å²) in [5.41, 5.74) is 1.77. The predicted molar refractivity (Wildman–Crippen MR) is 109 cm³/mol. The highest BCUT2D eigenvalue weighted by molar-refractivity contribution is 7.12. The van der Waals surface area contributed by atoms with Crippen LogP contribution in [-0.4, -0.2) is 27.4 Å². The number of benzene rings is 1. The number of Topliss-reactive ketones (excluding diaryl/α,β-unsaturated/α-hetero) is 1. The van der Waals surface area contributed by atoms with Gasteiger partial charge in [0.15, 0.2) is 11.6 Å². The first-order chi connectivity index (χ1) is 13.7. The van der Waals surface area contributed by atoms with E-state index in [9.17, 15) is 18.8 Å². The minimum atomic E-state index is -0.653. The van der Waals surface area contributed by atoms with Crippen LogP contribution in [0.5, 0.6) is 0 Å². The maximum atomic E-state index is 14.0. The molecule has 0 radical (unpaired) electrons. The van der Waals surface area contributed by atoms with Gasteiger partial charge in [0.25, 0.3) is 5.91 Å². The van der Waals surface area contributed by atoms with E-state index < -0.39 is 11.7 Å². The van der Waals surface area contributed by atoms with Crippen molar-refractivity contribution in [2.24, 2.45) is 7.05 Å². The molecule has 3 aromatic rings. The molecule has 0 unspecified atom stereocenters. The van der Waals surface area contributed by atoms with Crippen molar-refractivity contribution in [3.05, 3.63) is 63.2 Å². The first kappa shape index (κ1) is 20.4. The van der Waals surface area contributed by atoms with Gasteiger partial charge in [0, 0.05) is 30.1 Å². The second kappa shape index (κ2) is 8.36. The van der Waals surface area contributed by atoms with Crippen molar-refractivity contribution in [2.75, 3.05) is 10.6 Å². The molecule has 9 heteroatoms. The molecule has 0 saturated carbocycles. The molecule has 29 heavy (non-hydrogen) atoms. The third-order valence-electron chi connectivity index (χ3n) is 4.16. The van der Waals surface area contributed by atoms with Crippen molar-refractivity contribution in [2.45, 2.75) is 20.3 Å². The van der Waals surface area contributed by atoms with Crippen LogP contribution >= 0.6 is 11.3 Å². The van der Waals surface area contributed by atoms with Gasteiger partial charge in [-0.2, -0.15) is 5.10 Å². The van der Waals surface area contributed by atoms with E-state index in [1.54, 1.807) is 29.2 Å². The lowest BCUT2D eigenvalue weighted by Crippen LogP contribution is -2.16. The highest BCUT2D eigenvalue weighted by atomic mass is 32.1. The molecule has 3 rings (SSSR count). The average molecular weight is 414 g/mol. The predicted octanol–water partition coefficient (Wildman–Crippen LogP) is 3.57. The first-order valence-electron chi connectivity index (χ1n) is 8.72. The van der Waals surface area contributed by atoms with E-state index in [1.807, 2.05) is 6.92 Å². The second-order valence-corrected chi connectivity index (χ2v) is 7.49. The molecule has 0 saturated heterocycles. The zero-order chi connectivity index (χ0) is 21.1. The smallest absolute Gasteiger partial charge is 0.257 e. The van der Waals surface area contributed by atoms with Crippen molar-refractivity contribution in [3.8, 4) is 0 Å². The van der Waals surface area contributed by atoms with Crippen LogP contribution in [0.25, 0.3) is 0 Å². The topological polar surface area (TPSA) is 93.1 Å². The molecule has 1 aromatic carbocycles. The molecule has 0 atom stereocenters.